The van der Waals surface area contributed by atoms with Crippen LogP contribution in [0.4, 0.5) is 4.39 Å². The molecule has 6 heteroatoms. The number of halogens is 1. The molecular formula is C14H18FNO3S. The predicted octanol–water partition coefficient (Wildman–Crippen LogP) is 1.59. The van der Waals surface area contributed by atoms with Crippen LogP contribution in [-0.4, -0.2) is 38.0 Å². The van der Waals surface area contributed by atoms with Crippen LogP contribution in [0.25, 0.3) is 0 Å². The highest BCUT2D eigenvalue weighted by Gasteiger charge is 2.23. The van der Waals surface area contributed by atoms with Crippen LogP contribution in [0, 0.1) is 17.7 Å². The molecule has 1 N–H and O–H groups in total. The Balaban J connectivity index is 3.23. The van der Waals surface area contributed by atoms with Crippen molar-refractivity contribution >= 4 is 10.0 Å². The normalized spacial score (nSPS) is 11.2. The van der Waals surface area contributed by atoms with E-state index >= 15 is 0 Å². The van der Waals surface area contributed by atoms with E-state index in [4.69, 9.17) is 5.11 Å². The lowest BCUT2D eigenvalue weighted by Gasteiger charge is -2.17. The third kappa shape index (κ3) is 4.04. The molecule has 110 valence electrons. The van der Waals surface area contributed by atoms with E-state index in [0.29, 0.717) is 6.54 Å². The quantitative estimate of drug-likeness (QED) is 0.840. The first-order chi connectivity index (χ1) is 9.43. The van der Waals surface area contributed by atoms with Crippen LogP contribution in [0.5, 0.6) is 0 Å². The second-order valence-corrected chi connectivity index (χ2v) is 6.29. The number of hydrogen-bond acceptors (Lipinski definition) is 3. The molecule has 0 atom stereocenters. The van der Waals surface area contributed by atoms with Gasteiger partial charge in [-0.3, -0.25) is 0 Å². The van der Waals surface area contributed by atoms with Gasteiger partial charge in [0.05, 0.1) is 4.90 Å². The summed E-state index contributed by atoms with van der Waals surface area (Å²) in [6.07, 6.45) is 1.62. The van der Waals surface area contributed by atoms with Crippen LogP contribution in [0.15, 0.2) is 23.1 Å². The number of nitrogens with zero attached hydrogens (tertiary/aromatic N) is 1. The Labute approximate surface area is 119 Å². The Bertz CT molecular complexity index is 617. The zero-order valence-electron chi connectivity index (χ0n) is 11.6. The molecule has 0 spiro atoms. The summed E-state index contributed by atoms with van der Waals surface area (Å²) in [6.45, 7) is 1.95. The van der Waals surface area contributed by atoms with Crippen LogP contribution >= 0.6 is 0 Å². The smallest absolute Gasteiger partial charge is 0.244 e. The first-order valence-electron chi connectivity index (χ1n) is 6.29. The Hall–Kier alpha value is -1.42. The monoisotopic (exact) mass is 299 g/mol. The first-order valence-corrected chi connectivity index (χ1v) is 7.73. The van der Waals surface area contributed by atoms with Crippen LogP contribution in [0.2, 0.25) is 0 Å². The zero-order valence-corrected chi connectivity index (χ0v) is 12.4. The maximum absolute atomic E-state index is 13.2. The second kappa shape index (κ2) is 7.39. The Morgan fingerprint density at radius 1 is 1.40 bits per heavy atom. The molecule has 0 saturated heterocycles. The van der Waals surface area contributed by atoms with E-state index in [1.165, 1.54) is 17.4 Å². The van der Waals surface area contributed by atoms with Crippen LogP contribution in [-0.2, 0) is 10.0 Å². The van der Waals surface area contributed by atoms with Crippen molar-refractivity contribution in [3.05, 3.63) is 29.6 Å². The van der Waals surface area contributed by atoms with Gasteiger partial charge >= 0.3 is 0 Å². The average Bonchev–Trinajstić information content (AvgIpc) is 2.42. The predicted molar refractivity (Wildman–Crippen MR) is 75.1 cm³/mol. The average molecular weight is 299 g/mol. The van der Waals surface area contributed by atoms with Gasteiger partial charge in [-0.1, -0.05) is 25.2 Å². The fraction of sp³-hybridized carbons (Fsp3) is 0.429. The number of hydrogen-bond donors (Lipinski definition) is 1. The molecule has 0 bridgehead atoms. The van der Waals surface area contributed by atoms with Gasteiger partial charge in [-0.05, 0) is 24.6 Å². The van der Waals surface area contributed by atoms with E-state index in [0.717, 1.165) is 25.0 Å². The van der Waals surface area contributed by atoms with Gasteiger partial charge in [0.1, 0.15) is 12.4 Å². The van der Waals surface area contributed by atoms with Crippen molar-refractivity contribution in [2.75, 3.05) is 20.2 Å². The molecule has 20 heavy (non-hydrogen) atoms. The fourth-order valence-electron chi connectivity index (χ4n) is 1.63. The number of benzene rings is 1. The van der Waals surface area contributed by atoms with Gasteiger partial charge in [0.15, 0.2) is 0 Å². The van der Waals surface area contributed by atoms with E-state index in [2.05, 4.69) is 11.8 Å². The summed E-state index contributed by atoms with van der Waals surface area (Å²) in [5.41, 5.74) is 0.0578. The van der Waals surface area contributed by atoms with E-state index in [-0.39, 0.29) is 10.5 Å². The molecule has 0 heterocycles. The Kier molecular flexibility index (Phi) is 6.14. The summed E-state index contributed by atoms with van der Waals surface area (Å²) in [6, 6.07) is 3.35. The molecule has 1 aromatic carbocycles. The molecule has 0 radical (unpaired) electrons. The van der Waals surface area contributed by atoms with Crippen molar-refractivity contribution in [1.82, 2.24) is 4.31 Å². The van der Waals surface area contributed by atoms with Gasteiger partial charge in [-0.25, -0.2) is 17.1 Å². The molecule has 4 nitrogen and oxygen atoms in total. The maximum Gasteiger partial charge on any atom is 0.244 e. The van der Waals surface area contributed by atoms with Gasteiger partial charge in [0.2, 0.25) is 10.0 Å². The summed E-state index contributed by atoms with van der Waals surface area (Å²) < 4.78 is 39.3. The third-order valence-corrected chi connectivity index (χ3v) is 4.67. The standard InChI is InChI=1S/C14H18FNO3S/c1-3-4-9-16(2)20(18,19)14-8-7-13(15)11-12(14)6-5-10-17/h7-8,11,17H,3-4,9-10H2,1-2H3. The molecule has 0 aliphatic heterocycles. The summed E-state index contributed by atoms with van der Waals surface area (Å²) in [5, 5.41) is 8.69. The van der Waals surface area contributed by atoms with Gasteiger partial charge < -0.3 is 5.11 Å². The lowest BCUT2D eigenvalue weighted by molar-refractivity contribution is 0.350. The van der Waals surface area contributed by atoms with Crippen LogP contribution in [0.3, 0.4) is 0 Å². The molecule has 0 saturated carbocycles. The number of sulfonamides is 1. The SMILES string of the molecule is CCCCN(C)S(=O)(=O)c1ccc(F)cc1C#CCO. The van der Waals surface area contributed by atoms with Gasteiger partial charge in [0, 0.05) is 19.2 Å². The molecule has 1 rings (SSSR count). The van der Waals surface area contributed by atoms with Gasteiger partial charge in [-0.15, -0.1) is 0 Å². The Morgan fingerprint density at radius 2 is 2.10 bits per heavy atom. The minimum atomic E-state index is -3.71. The Morgan fingerprint density at radius 3 is 2.70 bits per heavy atom. The number of aliphatic hydroxyl groups excluding tert-OH is 1. The number of rotatable bonds is 5. The fourth-order valence-corrected chi connectivity index (χ4v) is 2.96. The molecule has 0 unspecified atom stereocenters. The van der Waals surface area contributed by atoms with E-state index in [1.54, 1.807) is 0 Å². The largest absolute Gasteiger partial charge is 0.384 e. The highest BCUT2D eigenvalue weighted by molar-refractivity contribution is 7.89. The second-order valence-electron chi connectivity index (χ2n) is 4.28. The number of unbranched alkanes of at least 4 members (excludes halogenated alkanes) is 1. The van der Waals surface area contributed by atoms with Crippen molar-refractivity contribution in [3.63, 3.8) is 0 Å². The van der Waals surface area contributed by atoms with E-state index in [9.17, 15) is 12.8 Å². The maximum atomic E-state index is 13.2. The molecule has 0 aromatic heterocycles. The van der Waals surface area contributed by atoms with Crippen molar-refractivity contribution in [2.24, 2.45) is 0 Å². The molecule has 0 aliphatic carbocycles. The topological polar surface area (TPSA) is 57.6 Å². The van der Waals surface area contributed by atoms with E-state index < -0.39 is 22.4 Å². The molecular weight excluding hydrogens is 281 g/mol. The minimum absolute atomic E-state index is 0.0431. The number of aliphatic hydroxyl groups is 1. The summed E-state index contributed by atoms with van der Waals surface area (Å²) in [4.78, 5) is -0.0431. The van der Waals surface area contributed by atoms with E-state index in [1.807, 2.05) is 6.92 Å². The highest BCUT2D eigenvalue weighted by Crippen LogP contribution is 2.20. The van der Waals surface area contributed by atoms with Crippen molar-refractivity contribution in [3.8, 4) is 11.8 Å². The van der Waals surface area contributed by atoms with Crippen molar-refractivity contribution in [2.45, 2.75) is 24.7 Å². The molecule has 0 aliphatic rings. The zero-order chi connectivity index (χ0) is 15.2. The molecule has 1 aromatic rings. The van der Waals surface area contributed by atoms with Crippen molar-refractivity contribution < 1.29 is 17.9 Å². The lowest BCUT2D eigenvalue weighted by atomic mass is 10.2. The summed E-state index contributed by atoms with van der Waals surface area (Å²) >= 11 is 0. The molecule has 0 amide bonds. The first kappa shape index (κ1) is 16.6. The summed E-state index contributed by atoms with van der Waals surface area (Å²) in [7, 11) is -2.22. The third-order valence-electron chi connectivity index (χ3n) is 2.76. The molecule has 0 fully saturated rings. The van der Waals surface area contributed by atoms with Crippen LogP contribution < -0.4 is 0 Å². The lowest BCUT2D eigenvalue weighted by Crippen LogP contribution is -2.28. The van der Waals surface area contributed by atoms with Gasteiger partial charge in [-0.2, -0.15) is 0 Å². The van der Waals surface area contributed by atoms with Gasteiger partial charge in [0.25, 0.3) is 0 Å². The highest BCUT2D eigenvalue weighted by atomic mass is 32.2. The van der Waals surface area contributed by atoms with Crippen molar-refractivity contribution in [1.29, 1.82) is 0 Å². The summed E-state index contributed by atoms with van der Waals surface area (Å²) in [5.74, 6) is 4.25. The minimum Gasteiger partial charge on any atom is -0.384 e. The van der Waals surface area contributed by atoms with Crippen LogP contribution in [0.1, 0.15) is 25.3 Å².